The number of methoxy groups -OCH3 is 1. The van der Waals surface area contributed by atoms with Crippen molar-refractivity contribution in [3.8, 4) is 5.75 Å². The van der Waals surface area contributed by atoms with E-state index >= 15 is 0 Å². The first-order valence-corrected chi connectivity index (χ1v) is 8.09. The minimum Gasteiger partial charge on any atom is -0.497 e. The topological polar surface area (TPSA) is 72.0 Å². The summed E-state index contributed by atoms with van der Waals surface area (Å²) in [7, 11) is 1.66. The SMILES string of the molecule is COc1ccc(CNc2cnnc(NCc3ccccc3C)n2)cc1. The summed E-state index contributed by atoms with van der Waals surface area (Å²) in [5.41, 5.74) is 3.58. The highest BCUT2D eigenvalue weighted by Crippen LogP contribution is 2.13. The molecule has 0 bridgehead atoms. The molecule has 0 spiro atoms. The minimum absolute atomic E-state index is 0.503. The van der Waals surface area contributed by atoms with Crippen molar-refractivity contribution in [2.45, 2.75) is 20.0 Å². The first-order valence-electron chi connectivity index (χ1n) is 8.09. The highest BCUT2D eigenvalue weighted by molar-refractivity contribution is 5.39. The Morgan fingerprint density at radius 1 is 0.960 bits per heavy atom. The van der Waals surface area contributed by atoms with Gasteiger partial charge in [-0.1, -0.05) is 36.4 Å². The molecular formula is C19H21N5O. The number of hydrogen-bond acceptors (Lipinski definition) is 6. The molecule has 0 atom stereocenters. The molecule has 2 aromatic carbocycles. The summed E-state index contributed by atoms with van der Waals surface area (Å²) < 4.78 is 5.16. The molecule has 3 aromatic rings. The molecule has 0 unspecified atom stereocenters. The van der Waals surface area contributed by atoms with E-state index in [1.165, 1.54) is 11.1 Å². The van der Waals surface area contributed by atoms with Gasteiger partial charge in [-0.25, -0.2) is 0 Å². The highest BCUT2D eigenvalue weighted by Gasteiger charge is 2.02. The largest absolute Gasteiger partial charge is 0.497 e. The number of nitrogens with zero attached hydrogens (tertiary/aromatic N) is 3. The second-order valence-electron chi connectivity index (χ2n) is 5.65. The third kappa shape index (κ3) is 4.67. The van der Waals surface area contributed by atoms with Gasteiger partial charge in [0.2, 0.25) is 5.95 Å². The summed E-state index contributed by atoms with van der Waals surface area (Å²) in [5, 5.41) is 14.5. The molecule has 6 heteroatoms. The highest BCUT2D eigenvalue weighted by atomic mass is 16.5. The first kappa shape index (κ1) is 16.7. The van der Waals surface area contributed by atoms with Crippen LogP contribution < -0.4 is 15.4 Å². The summed E-state index contributed by atoms with van der Waals surface area (Å²) >= 11 is 0. The van der Waals surface area contributed by atoms with Gasteiger partial charge in [0.15, 0.2) is 5.82 Å². The van der Waals surface area contributed by atoms with E-state index in [1.54, 1.807) is 13.3 Å². The predicted molar refractivity (Wildman–Crippen MR) is 98.7 cm³/mol. The van der Waals surface area contributed by atoms with Crippen LogP contribution in [0.3, 0.4) is 0 Å². The average molecular weight is 335 g/mol. The Labute approximate surface area is 147 Å². The molecule has 0 aliphatic carbocycles. The summed E-state index contributed by atoms with van der Waals surface area (Å²) in [6, 6.07) is 16.1. The Morgan fingerprint density at radius 3 is 2.52 bits per heavy atom. The van der Waals surface area contributed by atoms with Gasteiger partial charge in [0.1, 0.15) is 5.75 Å². The van der Waals surface area contributed by atoms with E-state index in [4.69, 9.17) is 4.74 Å². The lowest BCUT2D eigenvalue weighted by Gasteiger charge is -2.09. The third-order valence-electron chi connectivity index (χ3n) is 3.89. The molecule has 3 rings (SSSR count). The molecule has 2 N–H and O–H groups in total. The van der Waals surface area contributed by atoms with Crippen molar-refractivity contribution in [3.63, 3.8) is 0 Å². The maximum absolute atomic E-state index is 5.16. The van der Waals surface area contributed by atoms with Crippen LogP contribution in [-0.2, 0) is 13.1 Å². The van der Waals surface area contributed by atoms with E-state index in [0.29, 0.717) is 24.9 Å². The van der Waals surface area contributed by atoms with Crippen molar-refractivity contribution < 1.29 is 4.74 Å². The van der Waals surface area contributed by atoms with E-state index in [9.17, 15) is 0 Å². The number of nitrogens with one attached hydrogen (secondary N) is 2. The normalized spacial score (nSPS) is 10.3. The standard InChI is InChI=1S/C19H21N5O/c1-14-5-3-4-6-16(14)12-21-19-23-18(13-22-24-19)20-11-15-7-9-17(25-2)10-8-15/h3-10,13H,11-12H2,1-2H3,(H2,20,21,23,24). The van der Waals surface area contributed by atoms with Crippen LogP contribution in [0.25, 0.3) is 0 Å². The van der Waals surface area contributed by atoms with Crippen LogP contribution in [0.5, 0.6) is 5.75 Å². The van der Waals surface area contributed by atoms with Gasteiger partial charge >= 0.3 is 0 Å². The number of rotatable bonds is 7. The van der Waals surface area contributed by atoms with Gasteiger partial charge in [-0.3, -0.25) is 0 Å². The van der Waals surface area contributed by atoms with Gasteiger partial charge < -0.3 is 15.4 Å². The summed E-state index contributed by atoms with van der Waals surface area (Å²) in [6.07, 6.45) is 1.61. The van der Waals surface area contributed by atoms with Gasteiger partial charge in [-0.15, -0.1) is 5.10 Å². The Bertz CT molecular complexity index is 820. The molecular weight excluding hydrogens is 314 g/mol. The molecule has 0 fully saturated rings. The second-order valence-corrected chi connectivity index (χ2v) is 5.65. The fourth-order valence-corrected chi connectivity index (χ4v) is 2.38. The molecule has 0 amide bonds. The lowest BCUT2D eigenvalue weighted by molar-refractivity contribution is 0.414. The Balaban J connectivity index is 1.58. The van der Waals surface area contributed by atoms with Gasteiger partial charge in [0.25, 0.3) is 0 Å². The zero-order chi connectivity index (χ0) is 17.5. The minimum atomic E-state index is 0.503. The molecule has 0 aliphatic rings. The van der Waals surface area contributed by atoms with Gasteiger partial charge in [-0.2, -0.15) is 10.1 Å². The van der Waals surface area contributed by atoms with Crippen LogP contribution in [0, 0.1) is 6.92 Å². The Kier molecular flexibility index (Phi) is 5.41. The molecule has 0 saturated heterocycles. The van der Waals surface area contributed by atoms with Crippen molar-refractivity contribution >= 4 is 11.8 Å². The molecule has 0 radical (unpaired) electrons. The van der Waals surface area contributed by atoms with Crippen LogP contribution >= 0.6 is 0 Å². The van der Waals surface area contributed by atoms with E-state index in [2.05, 4.69) is 44.9 Å². The average Bonchev–Trinajstić information content (AvgIpc) is 2.66. The zero-order valence-electron chi connectivity index (χ0n) is 14.4. The fourth-order valence-electron chi connectivity index (χ4n) is 2.38. The quantitative estimate of drug-likeness (QED) is 0.689. The van der Waals surface area contributed by atoms with E-state index in [0.717, 1.165) is 11.3 Å². The second kappa shape index (κ2) is 8.10. The van der Waals surface area contributed by atoms with Gasteiger partial charge in [0.05, 0.1) is 13.3 Å². The number of aryl methyl sites for hydroxylation is 1. The third-order valence-corrected chi connectivity index (χ3v) is 3.89. The number of anilines is 2. The number of aromatic nitrogens is 3. The lowest BCUT2D eigenvalue weighted by Crippen LogP contribution is -2.08. The molecule has 6 nitrogen and oxygen atoms in total. The van der Waals surface area contributed by atoms with Gasteiger partial charge in [-0.05, 0) is 35.7 Å². The number of benzene rings is 2. The smallest absolute Gasteiger partial charge is 0.244 e. The van der Waals surface area contributed by atoms with Crippen LogP contribution in [0.4, 0.5) is 11.8 Å². The van der Waals surface area contributed by atoms with Crippen LogP contribution in [0.2, 0.25) is 0 Å². The van der Waals surface area contributed by atoms with Crippen LogP contribution in [0.15, 0.2) is 54.7 Å². The monoisotopic (exact) mass is 335 g/mol. The number of ether oxygens (including phenoxy) is 1. The fraction of sp³-hybridized carbons (Fsp3) is 0.211. The lowest BCUT2D eigenvalue weighted by atomic mass is 10.1. The van der Waals surface area contributed by atoms with E-state index < -0.39 is 0 Å². The van der Waals surface area contributed by atoms with Crippen LogP contribution in [0.1, 0.15) is 16.7 Å². The van der Waals surface area contributed by atoms with E-state index in [1.807, 2.05) is 36.4 Å². The van der Waals surface area contributed by atoms with Crippen molar-refractivity contribution in [2.24, 2.45) is 0 Å². The van der Waals surface area contributed by atoms with Crippen molar-refractivity contribution in [3.05, 3.63) is 71.4 Å². The maximum Gasteiger partial charge on any atom is 0.244 e. The Hall–Kier alpha value is -3.15. The molecule has 25 heavy (non-hydrogen) atoms. The van der Waals surface area contributed by atoms with Crippen molar-refractivity contribution in [1.82, 2.24) is 15.2 Å². The van der Waals surface area contributed by atoms with Crippen molar-refractivity contribution in [1.29, 1.82) is 0 Å². The maximum atomic E-state index is 5.16. The Morgan fingerprint density at radius 2 is 1.76 bits per heavy atom. The molecule has 1 aromatic heterocycles. The molecule has 0 saturated carbocycles. The first-order chi connectivity index (χ1) is 12.2. The van der Waals surface area contributed by atoms with Crippen LogP contribution in [-0.4, -0.2) is 22.3 Å². The summed E-state index contributed by atoms with van der Waals surface area (Å²) in [6.45, 7) is 3.40. The zero-order valence-corrected chi connectivity index (χ0v) is 14.4. The molecule has 0 aliphatic heterocycles. The predicted octanol–water partition coefficient (Wildman–Crippen LogP) is 3.41. The molecule has 1 heterocycles. The van der Waals surface area contributed by atoms with Crippen molar-refractivity contribution in [2.75, 3.05) is 17.7 Å². The summed E-state index contributed by atoms with van der Waals surface area (Å²) in [4.78, 5) is 4.45. The molecule has 128 valence electrons. The van der Waals surface area contributed by atoms with Gasteiger partial charge in [0, 0.05) is 13.1 Å². The summed E-state index contributed by atoms with van der Waals surface area (Å²) in [5.74, 6) is 2.02. The number of hydrogen-bond donors (Lipinski definition) is 2. The van der Waals surface area contributed by atoms with E-state index in [-0.39, 0.29) is 0 Å².